The zero-order valence-electron chi connectivity index (χ0n) is 10.5. The molecule has 0 unspecified atom stereocenters. The van der Waals surface area contributed by atoms with Crippen LogP contribution in [-0.4, -0.2) is 33.7 Å². The molecule has 1 rings (SSSR count). The average Bonchev–Trinajstić information content (AvgIpc) is 2.25. The molecular formula is C11H13BrF2N2O3S. The lowest BCUT2D eigenvalue weighted by atomic mass is 10.2. The number of hydrogen-bond donors (Lipinski definition) is 2. The molecular weight excluding hydrogens is 358 g/mol. The van der Waals surface area contributed by atoms with E-state index in [9.17, 15) is 22.0 Å². The molecule has 1 aromatic carbocycles. The molecule has 112 valence electrons. The van der Waals surface area contributed by atoms with E-state index in [2.05, 4.69) is 26.0 Å². The molecule has 0 aliphatic rings. The molecule has 0 spiro atoms. The number of carbonyl (C=O) groups excluding carboxylic acids is 1. The monoisotopic (exact) mass is 370 g/mol. The third kappa shape index (κ3) is 5.51. The van der Waals surface area contributed by atoms with Crippen molar-refractivity contribution >= 4 is 31.9 Å². The molecule has 9 heteroatoms. The maximum Gasteiger partial charge on any atom is 0.257 e. The summed E-state index contributed by atoms with van der Waals surface area (Å²) in [6.45, 7) is 0.223. The predicted molar refractivity (Wildman–Crippen MR) is 73.9 cm³/mol. The second kappa shape index (κ2) is 7.09. The summed E-state index contributed by atoms with van der Waals surface area (Å²) in [4.78, 5) is 11.6. The van der Waals surface area contributed by atoms with E-state index in [-0.39, 0.29) is 17.6 Å². The Labute approximate surface area is 123 Å². The van der Waals surface area contributed by atoms with Crippen LogP contribution in [0.5, 0.6) is 0 Å². The van der Waals surface area contributed by atoms with Crippen molar-refractivity contribution in [3.63, 3.8) is 0 Å². The first-order valence-corrected chi connectivity index (χ1v) is 8.26. The van der Waals surface area contributed by atoms with Crippen molar-refractivity contribution < 1.29 is 22.0 Å². The normalized spacial score (nSPS) is 11.4. The smallest absolute Gasteiger partial charge is 0.257 e. The van der Waals surface area contributed by atoms with Crippen LogP contribution in [-0.2, 0) is 10.0 Å². The molecule has 0 fully saturated rings. The van der Waals surface area contributed by atoms with Gasteiger partial charge in [0.1, 0.15) is 17.2 Å². The fraction of sp³-hybridized carbons (Fsp3) is 0.364. The summed E-state index contributed by atoms with van der Waals surface area (Å²) in [5, 5.41) is 2.32. The van der Waals surface area contributed by atoms with E-state index in [0.29, 0.717) is 6.42 Å². The molecule has 0 aromatic heterocycles. The zero-order chi connectivity index (χ0) is 15.3. The summed E-state index contributed by atoms with van der Waals surface area (Å²) in [7, 11) is -3.28. The van der Waals surface area contributed by atoms with E-state index in [1.807, 2.05) is 0 Å². The van der Waals surface area contributed by atoms with Crippen LogP contribution in [0.1, 0.15) is 16.8 Å². The van der Waals surface area contributed by atoms with Crippen LogP contribution in [0.25, 0.3) is 0 Å². The molecule has 0 atom stereocenters. The molecule has 0 aliphatic heterocycles. The van der Waals surface area contributed by atoms with Gasteiger partial charge in [-0.3, -0.25) is 4.79 Å². The molecule has 0 bridgehead atoms. The van der Waals surface area contributed by atoms with Gasteiger partial charge in [-0.25, -0.2) is 21.9 Å². The Morgan fingerprint density at radius 2 is 1.80 bits per heavy atom. The summed E-state index contributed by atoms with van der Waals surface area (Å²) < 4.78 is 50.9. The minimum absolute atomic E-state index is 0.0935. The van der Waals surface area contributed by atoms with Gasteiger partial charge in [-0.1, -0.05) is 15.9 Å². The van der Waals surface area contributed by atoms with Gasteiger partial charge in [0, 0.05) is 17.6 Å². The number of halogens is 3. The fourth-order valence-electron chi connectivity index (χ4n) is 1.40. The summed E-state index contributed by atoms with van der Waals surface area (Å²) in [6, 6.07) is 1.98. The third-order valence-electron chi connectivity index (χ3n) is 2.24. The van der Waals surface area contributed by atoms with Crippen LogP contribution in [0.2, 0.25) is 0 Å². The van der Waals surface area contributed by atoms with Gasteiger partial charge < -0.3 is 5.32 Å². The number of rotatable bonds is 6. The van der Waals surface area contributed by atoms with Crippen molar-refractivity contribution in [2.24, 2.45) is 0 Å². The first kappa shape index (κ1) is 17.0. The largest absolute Gasteiger partial charge is 0.352 e. The molecule has 0 radical (unpaired) electrons. The van der Waals surface area contributed by atoms with Crippen molar-refractivity contribution in [1.29, 1.82) is 0 Å². The zero-order valence-corrected chi connectivity index (χ0v) is 12.9. The predicted octanol–water partition coefficient (Wildman–Crippen LogP) is 1.40. The van der Waals surface area contributed by atoms with Gasteiger partial charge in [0.15, 0.2) is 0 Å². The first-order chi connectivity index (χ1) is 9.20. The Morgan fingerprint density at radius 3 is 2.30 bits per heavy atom. The van der Waals surface area contributed by atoms with E-state index in [4.69, 9.17) is 0 Å². The van der Waals surface area contributed by atoms with Crippen molar-refractivity contribution in [3.05, 3.63) is 33.8 Å². The second-order valence-electron chi connectivity index (χ2n) is 4.02. The fourth-order valence-corrected chi connectivity index (χ4v) is 2.31. The molecule has 1 aromatic rings. The maximum atomic E-state index is 13.5. The van der Waals surface area contributed by atoms with Gasteiger partial charge in [-0.05, 0) is 18.6 Å². The maximum absolute atomic E-state index is 13.5. The summed E-state index contributed by atoms with van der Waals surface area (Å²) in [6.07, 6.45) is 1.32. The average molecular weight is 371 g/mol. The minimum Gasteiger partial charge on any atom is -0.352 e. The number of carbonyl (C=O) groups is 1. The highest BCUT2D eigenvalue weighted by Gasteiger charge is 2.17. The molecule has 0 saturated carbocycles. The van der Waals surface area contributed by atoms with Gasteiger partial charge in [-0.15, -0.1) is 0 Å². The van der Waals surface area contributed by atoms with Crippen molar-refractivity contribution in [2.45, 2.75) is 6.42 Å². The quantitative estimate of drug-likeness (QED) is 0.743. The van der Waals surface area contributed by atoms with Crippen LogP contribution >= 0.6 is 15.9 Å². The molecule has 20 heavy (non-hydrogen) atoms. The van der Waals surface area contributed by atoms with Crippen LogP contribution < -0.4 is 10.0 Å². The second-order valence-corrected chi connectivity index (χ2v) is 6.77. The highest BCUT2D eigenvalue weighted by atomic mass is 79.9. The Bertz CT molecular complexity index is 585. The van der Waals surface area contributed by atoms with E-state index in [1.165, 1.54) is 0 Å². The topological polar surface area (TPSA) is 75.3 Å². The van der Waals surface area contributed by atoms with E-state index >= 15 is 0 Å². The van der Waals surface area contributed by atoms with Crippen molar-refractivity contribution in [2.75, 3.05) is 19.3 Å². The van der Waals surface area contributed by atoms with Gasteiger partial charge >= 0.3 is 0 Å². The van der Waals surface area contributed by atoms with E-state index in [0.717, 1.165) is 18.4 Å². The lowest BCUT2D eigenvalue weighted by Crippen LogP contribution is -2.30. The molecule has 0 saturated heterocycles. The highest BCUT2D eigenvalue weighted by Crippen LogP contribution is 2.19. The summed E-state index contributed by atoms with van der Waals surface area (Å²) in [5.41, 5.74) is -0.663. The van der Waals surface area contributed by atoms with Crippen LogP contribution in [0.15, 0.2) is 16.6 Å². The van der Waals surface area contributed by atoms with Gasteiger partial charge in [-0.2, -0.15) is 0 Å². The minimum atomic E-state index is -3.28. The van der Waals surface area contributed by atoms with E-state index < -0.39 is 33.1 Å². The lowest BCUT2D eigenvalue weighted by molar-refractivity contribution is 0.0945. The number of amides is 1. The summed E-state index contributed by atoms with van der Waals surface area (Å²) in [5.74, 6) is -2.82. The standard InChI is InChI=1S/C11H13BrF2N2O3S/c1-20(18,19)16-4-2-3-15-11(17)10-8(13)5-7(12)6-9(10)14/h5-6,16H,2-4H2,1H3,(H,15,17). The Hall–Kier alpha value is -1.06. The van der Waals surface area contributed by atoms with Gasteiger partial charge in [0.25, 0.3) is 5.91 Å². The number of sulfonamides is 1. The molecule has 0 aliphatic carbocycles. The molecule has 5 nitrogen and oxygen atoms in total. The van der Waals surface area contributed by atoms with Crippen LogP contribution in [0, 0.1) is 11.6 Å². The molecule has 2 N–H and O–H groups in total. The third-order valence-corrected chi connectivity index (χ3v) is 3.42. The van der Waals surface area contributed by atoms with E-state index in [1.54, 1.807) is 0 Å². The highest BCUT2D eigenvalue weighted by molar-refractivity contribution is 9.10. The number of nitrogens with one attached hydrogen (secondary N) is 2. The summed E-state index contributed by atoms with van der Waals surface area (Å²) >= 11 is 2.91. The van der Waals surface area contributed by atoms with Crippen molar-refractivity contribution in [3.8, 4) is 0 Å². The SMILES string of the molecule is CS(=O)(=O)NCCCNC(=O)c1c(F)cc(Br)cc1F. The molecule has 1 amide bonds. The Morgan fingerprint density at radius 1 is 1.25 bits per heavy atom. The van der Waals surface area contributed by atoms with Crippen LogP contribution in [0.3, 0.4) is 0 Å². The van der Waals surface area contributed by atoms with Gasteiger partial charge in [0.05, 0.1) is 6.26 Å². The molecule has 0 heterocycles. The Balaban J connectivity index is 2.52. The first-order valence-electron chi connectivity index (χ1n) is 5.58. The van der Waals surface area contributed by atoms with Crippen LogP contribution in [0.4, 0.5) is 8.78 Å². The van der Waals surface area contributed by atoms with Crippen molar-refractivity contribution in [1.82, 2.24) is 10.0 Å². The number of hydrogen-bond acceptors (Lipinski definition) is 3. The lowest BCUT2D eigenvalue weighted by Gasteiger charge is -2.07. The number of benzene rings is 1. The van der Waals surface area contributed by atoms with Gasteiger partial charge in [0.2, 0.25) is 10.0 Å². The Kier molecular flexibility index (Phi) is 6.03.